The summed E-state index contributed by atoms with van der Waals surface area (Å²) in [7, 11) is 0. The van der Waals surface area contributed by atoms with Crippen molar-refractivity contribution in [2.45, 2.75) is 39.5 Å². The second-order valence-corrected chi connectivity index (χ2v) is 7.50. The van der Waals surface area contributed by atoms with Gasteiger partial charge < -0.3 is 11.1 Å². The van der Waals surface area contributed by atoms with Gasteiger partial charge in [-0.15, -0.1) is 0 Å². The number of benzene rings is 1. The van der Waals surface area contributed by atoms with Crippen molar-refractivity contribution in [1.82, 2.24) is 10.3 Å². The maximum atomic E-state index is 12.9. The Labute approximate surface area is 164 Å². The topological polar surface area (TPSA) is 102 Å². The van der Waals surface area contributed by atoms with Gasteiger partial charge in [-0.3, -0.25) is 14.4 Å². The Balaban J connectivity index is 1.66. The quantitative estimate of drug-likeness (QED) is 0.778. The van der Waals surface area contributed by atoms with Crippen molar-refractivity contribution < 1.29 is 14.4 Å². The number of anilines is 1. The summed E-state index contributed by atoms with van der Waals surface area (Å²) >= 11 is 0. The minimum absolute atomic E-state index is 0.0367. The van der Waals surface area contributed by atoms with Gasteiger partial charge in [0.2, 0.25) is 0 Å². The molecule has 1 saturated carbocycles. The highest BCUT2D eigenvalue weighted by Crippen LogP contribution is 2.37. The van der Waals surface area contributed by atoms with Crippen LogP contribution in [0, 0.1) is 26.7 Å². The van der Waals surface area contributed by atoms with E-state index in [9.17, 15) is 14.4 Å². The Morgan fingerprint density at radius 1 is 1.21 bits per heavy atom. The van der Waals surface area contributed by atoms with Gasteiger partial charge in [-0.1, -0.05) is 17.7 Å². The molecule has 1 fully saturated rings. The average molecular weight is 379 g/mol. The number of nitrogens with two attached hydrogens (primary N) is 1. The van der Waals surface area contributed by atoms with Crippen molar-refractivity contribution in [3.63, 3.8) is 0 Å². The van der Waals surface area contributed by atoms with Gasteiger partial charge in [0.05, 0.1) is 5.69 Å². The standard InChI is InChI=1S/C22H25N3O3/c1-12-9-13(2)18(14(3)10-12)19-17(26)11-15(21(19)27)6-8-25-22(28)20-16(23)5-4-7-24-20/h4-5,7,9-10,15,19H,6,8,11,23H2,1-3H3,(H,25,28). The number of aryl methyl sites for hydroxylation is 3. The number of nitrogens with zero attached hydrogens (tertiary/aromatic N) is 1. The molecule has 1 amide bonds. The molecule has 146 valence electrons. The monoisotopic (exact) mass is 379 g/mol. The molecule has 0 radical (unpaired) electrons. The fourth-order valence-corrected chi connectivity index (χ4v) is 4.10. The van der Waals surface area contributed by atoms with Gasteiger partial charge in [-0.2, -0.15) is 0 Å². The van der Waals surface area contributed by atoms with E-state index in [1.807, 2.05) is 32.9 Å². The fourth-order valence-electron chi connectivity index (χ4n) is 4.10. The van der Waals surface area contributed by atoms with Crippen LogP contribution in [-0.4, -0.2) is 29.0 Å². The molecular formula is C22H25N3O3. The van der Waals surface area contributed by atoms with Gasteiger partial charge in [-0.25, -0.2) is 4.98 Å². The van der Waals surface area contributed by atoms with Gasteiger partial charge in [0.1, 0.15) is 11.7 Å². The predicted octanol–water partition coefficient (Wildman–Crippen LogP) is 2.65. The Bertz CT molecular complexity index is 929. The lowest BCUT2D eigenvalue weighted by molar-refractivity contribution is -0.124. The lowest BCUT2D eigenvalue weighted by Crippen LogP contribution is -2.28. The summed E-state index contributed by atoms with van der Waals surface area (Å²) in [5.74, 6) is -1.53. The molecule has 1 heterocycles. The molecule has 1 aliphatic carbocycles. The molecule has 1 aliphatic rings. The molecule has 1 aromatic carbocycles. The minimum atomic E-state index is -0.687. The van der Waals surface area contributed by atoms with Crippen LogP contribution in [0.3, 0.4) is 0 Å². The Morgan fingerprint density at radius 2 is 1.89 bits per heavy atom. The summed E-state index contributed by atoms with van der Waals surface area (Å²) in [5, 5.41) is 2.74. The predicted molar refractivity (Wildman–Crippen MR) is 107 cm³/mol. The number of carbonyl (C=O) groups excluding carboxylic acids is 3. The van der Waals surface area contributed by atoms with Crippen LogP contribution in [0.5, 0.6) is 0 Å². The molecule has 0 aliphatic heterocycles. The molecule has 0 spiro atoms. The van der Waals surface area contributed by atoms with Crippen molar-refractivity contribution in [3.05, 3.63) is 58.4 Å². The summed E-state index contributed by atoms with van der Waals surface area (Å²) in [6, 6.07) is 7.28. The maximum absolute atomic E-state index is 12.9. The molecule has 1 aromatic heterocycles. The summed E-state index contributed by atoms with van der Waals surface area (Å²) in [6.45, 7) is 6.18. The van der Waals surface area contributed by atoms with E-state index in [1.54, 1.807) is 12.1 Å². The van der Waals surface area contributed by atoms with Crippen LogP contribution in [0.1, 0.15) is 51.5 Å². The number of nitrogen functional groups attached to an aromatic ring is 1. The van der Waals surface area contributed by atoms with E-state index in [-0.39, 0.29) is 42.1 Å². The number of nitrogens with one attached hydrogen (secondary N) is 1. The lowest BCUT2D eigenvalue weighted by Gasteiger charge is -2.16. The molecule has 6 nitrogen and oxygen atoms in total. The second kappa shape index (κ2) is 7.92. The second-order valence-electron chi connectivity index (χ2n) is 7.50. The smallest absolute Gasteiger partial charge is 0.272 e. The van der Waals surface area contributed by atoms with E-state index < -0.39 is 5.92 Å². The first-order valence-electron chi connectivity index (χ1n) is 9.42. The third kappa shape index (κ3) is 3.81. The van der Waals surface area contributed by atoms with Crippen LogP contribution in [-0.2, 0) is 9.59 Å². The number of aromatic nitrogens is 1. The number of hydrogen-bond donors (Lipinski definition) is 2. The van der Waals surface area contributed by atoms with Crippen LogP contribution in [0.25, 0.3) is 0 Å². The molecule has 0 bridgehead atoms. The summed E-state index contributed by atoms with van der Waals surface area (Å²) < 4.78 is 0. The lowest BCUT2D eigenvalue weighted by atomic mass is 9.86. The molecule has 2 atom stereocenters. The highest BCUT2D eigenvalue weighted by atomic mass is 16.2. The molecule has 3 rings (SSSR count). The molecule has 6 heteroatoms. The highest BCUT2D eigenvalue weighted by molar-refractivity contribution is 6.15. The van der Waals surface area contributed by atoms with Crippen LogP contribution in [0.2, 0.25) is 0 Å². The van der Waals surface area contributed by atoms with Crippen molar-refractivity contribution in [1.29, 1.82) is 0 Å². The zero-order chi connectivity index (χ0) is 20.4. The van der Waals surface area contributed by atoms with E-state index in [4.69, 9.17) is 5.73 Å². The zero-order valence-electron chi connectivity index (χ0n) is 16.4. The van der Waals surface area contributed by atoms with Crippen molar-refractivity contribution >= 4 is 23.2 Å². The van der Waals surface area contributed by atoms with Crippen LogP contribution in [0.15, 0.2) is 30.5 Å². The van der Waals surface area contributed by atoms with Crippen molar-refractivity contribution in [2.24, 2.45) is 5.92 Å². The maximum Gasteiger partial charge on any atom is 0.272 e. The zero-order valence-corrected chi connectivity index (χ0v) is 16.4. The van der Waals surface area contributed by atoms with E-state index in [2.05, 4.69) is 10.3 Å². The average Bonchev–Trinajstić information content (AvgIpc) is 2.89. The molecule has 2 aromatic rings. The van der Waals surface area contributed by atoms with Crippen molar-refractivity contribution in [3.8, 4) is 0 Å². The largest absolute Gasteiger partial charge is 0.397 e. The number of rotatable bonds is 5. The number of carbonyl (C=O) groups is 3. The Morgan fingerprint density at radius 3 is 2.54 bits per heavy atom. The third-order valence-electron chi connectivity index (χ3n) is 5.32. The van der Waals surface area contributed by atoms with Gasteiger partial charge in [-0.05, 0) is 56.0 Å². The number of pyridine rings is 1. The summed E-state index contributed by atoms with van der Waals surface area (Å²) in [6.07, 6.45) is 2.14. The van der Waals surface area contributed by atoms with Gasteiger partial charge in [0.25, 0.3) is 5.91 Å². The first kappa shape index (κ1) is 19.7. The van der Waals surface area contributed by atoms with E-state index in [0.29, 0.717) is 12.1 Å². The normalized spacial score (nSPS) is 19.1. The van der Waals surface area contributed by atoms with E-state index >= 15 is 0 Å². The molecule has 0 saturated heterocycles. The van der Waals surface area contributed by atoms with E-state index in [0.717, 1.165) is 22.3 Å². The SMILES string of the molecule is Cc1cc(C)c(C2C(=O)CC(CCNC(=O)c3ncccc3N)C2=O)c(C)c1. The molecule has 2 unspecified atom stereocenters. The Hall–Kier alpha value is -3.02. The van der Waals surface area contributed by atoms with E-state index in [1.165, 1.54) is 6.20 Å². The first-order valence-corrected chi connectivity index (χ1v) is 9.42. The van der Waals surface area contributed by atoms with Crippen LogP contribution < -0.4 is 11.1 Å². The number of Topliss-reactive ketones (excluding diaryl/α,β-unsaturated/α-hetero) is 2. The first-order chi connectivity index (χ1) is 13.3. The highest BCUT2D eigenvalue weighted by Gasteiger charge is 2.42. The van der Waals surface area contributed by atoms with Gasteiger partial charge in [0, 0.05) is 25.1 Å². The number of ketones is 2. The van der Waals surface area contributed by atoms with Crippen LogP contribution in [0.4, 0.5) is 5.69 Å². The summed E-state index contributed by atoms with van der Waals surface area (Å²) in [5.41, 5.74) is 10.1. The molecule has 3 N–H and O–H groups in total. The van der Waals surface area contributed by atoms with Gasteiger partial charge >= 0.3 is 0 Å². The third-order valence-corrected chi connectivity index (χ3v) is 5.32. The minimum Gasteiger partial charge on any atom is -0.397 e. The molecular weight excluding hydrogens is 354 g/mol. The summed E-state index contributed by atoms with van der Waals surface area (Å²) in [4.78, 5) is 41.7. The number of hydrogen-bond acceptors (Lipinski definition) is 5. The van der Waals surface area contributed by atoms with Gasteiger partial charge in [0.15, 0.2) is 11.5 Å². The fraction of sp³-hybridized carbons (Fsp3) is 0.364. The van der Waals surface area contributed by atoms with Crippen molar-refractivity contribution in [2.75, 3.05) is 12.3 Å². The Kier molecular flexibility index (Phi) is 5.58. The number of amides is 1. The molecule has 28 heavy (non-hydrogen) atoms. The van der Waals surface area contributed by atoms with Crippen LogP contribution >= 0.6 is 0 Å².